The molecule has 1 aliphatic rings. The van der Waals surface area contributed by atoms with Crippen molar-refractivity contribution in [3.05, 3.63) is 23.4 Å². The number of nitrogens with one attached hydrogen (secondary N) is 1. The number of amides is 1. The quantitative estimate of drug-likeness (QED) is 0.807. The highest BCUT2D eigenvalue weighted by molar-refractivity contribution is 5.95. The van der Waals surface area contributed by atoms with Crippen LogP contribution in [0.4, 0.5) is 5.82 Å². The second-order valence-electron chi connectivity index (χ2n) is 5.50. The van der Waals surface area contributed by atoms with E-state index in [4.69, 9.17) is 5.11 Å². The fraction of sp³-hybridized carbons (Fsp3) is 0.625. The van der Waals surface area contributed by atoms with Crippen molar-refractivity contribution in [3.8, 4) is 0 Å². The maximum absolute atomic E-state index is 12.8. The number of rotatable bonds is 7. The molecule has 2 N–H and O–H groups in total. The molecule has 0 spiro atoms. The van der Waals surface area contributed by atoms with Crippen LogP contribution in [-0.2, 0) is 6.42 Å². The SMILES string of the molecule is CCc1cc(C(=O)N(CCCO)C2CCC2)cc(NC)n1. The lowest BCUT2D eigenvalue weighted by molar-refractivity contribution is 0.0562. The number of aryl methyl sites for hydroxylation is 1. The Labute approximate surface area is 126 Å². The second kappa shape index (κ2) is 7.41. The van der Waals surface area contributed by atoms with Crippen molar-refractivity contribution >= 4 is 11.7 Å². The Bertz CT molecular complexity index is 464. The van der Waals surface area contributed by atoms with Gasteiger partial charge in [-0.1, -0.05) is 6.92 Å². The minimum Gasteiger partial charge on any atom is -0.396 e. The van der Waals surface area contributed by atoms with Crippen molar-refractivity contribution in [1.82, 2.24) is 9.88 Å². The van der Waals surface area contributed by atoms with Crippen molar-refractivity contribution in [2.75, 3.05) is 25.5 Å². The highest BCUT2D eigenvalue weighted by Gasteiger charge is 2.29. The van der Waals surface area contributed by atoms with Crippen LogP contribution in [0, 0.1) is 0 Å². The summed E-state index contributed by atoms with van der Waals surface area (Å²) in [4.78, 5) is 19.2. The molecule has 116 valence electrons. The Morgan fingerprint density at radius 1 is 1.48 bits per heavy atom. The average molecular weight is 291 g/mol. The van der Waals surface area contributed by atoms with Crippen molar-refractivity contribution in [1.29, 1.82) is 0 Å². The number of hydrogen-bond acceptors (Lipinski definition) is 4. The summed E-state index contributed by atoms with van der Waals surface area (Å²) in [5, 5.41) is 12.1. The third-order valence-electron chi connectivity index (χ3n) is 4.08. The number of aromatic nitrogens is 1. The molecule has 1 aromatic rings. The van der Waals surface area contributed by atoms with Crippen molar-refractivity contribution in [2.45, 2.75) is 45.1 Å². The van der Waals surface area contributed by atoms with Gasteiger partial charge >= 0.3 is 0 Å². The van der Waals surface area contributed by atoms with Crippen LogP contribution >= 0.6 is 0 Å². The van der Waals surface area contributed by atoms with Crippen molar-refractivity contribution in [3.63, 3.8) is 0 Å². The molecule has 5 heteroatoms. The van der Waals surface area contributed by atoms with E-state index in [-0.39, 0.29) is 12.5 Å². The molecular formula is C16H25N3O2. The summed E-state index contributed by atoms with van der Waals surface area (Å²) in [6.45, 7) is 2.78. The van der Waals surface area contributed by atoms with Gasteiger partial charge in [-0.3, -0.25) is 4.79 Å². The molecule has 1 aromatic heterocycles. The second-order valence-corrected chi connectivity index (χ2v) is 5.50. The zero-order chi connectivity index (χ0) is 15.2. The third-order valence-corrected chi connectivity index (χ3v) is 4.08. The van der Waals surface area contributed by atoms with E-state index in [1.807, 2.05) is 31.0 Å². The van der Waals surface area contributed by atoms with Crippen molar-refractivity contribution in [2.24, 2.45) is 0 Å². The highest BCUT2D eigenvalue weighted by Crippen LogP contribution is 2.27. The lowest BCUT2D eigenvalue weighted by Crippen LogP contribution is -2.45. The van der Waals surface area contributed by atoms with E-state index >= 15 is 0 Å². The lowest BCUT2D eigenvalue weighted by atomic mass is 9.90. The predicted octanol–water partition coefficient (Wildman–Crippen LogP) is 2.06. The first kappa shape index (κ1) is 15.8. The molecule has 1 heterocycles. The molecule has 0 unspecified atom stereocenters. The van der Waals surface area contributed by atoms with Crippen molar-refractivity contribution < 1.29 is 9.90 Å². The Balaban J connectivity index is 2.22. The monoisotopic (exact) mass is 291 g/mol. The summed E-state index contributed by atoms with van der Waals surface area (Å²) in [5.74, 6) is 0.787. The Kier molecular flexibility index (Phi) is 5.56. The largest absolute Gasteiger partial charge is 0.396 e. The van der Waals surface area contributed by atoms with E-state index in [9.17, 15) is 4.79 Å². The number of aliphatic hydroxyl groups excluding tert-OH is 1. The lowest BCUT2D eigenvalue weighted by Gasteiger charge is -2.37. The number of carbonyl (C=O) groups is 1. The summed E-state index contributed by atoms with van der Waals surface area (Å²) in [5.41, 5.74) is 1.61. The first-order valence-electron chi connectivity index (χ1n) is 7.80. The van der Waals surface area contributed by atoms with Gasteiger partial charge in [0.2, 0.25) is 0 Å². The van der Waals surface area contributed by atoms with Gasteiger partial charge in [0.05, 0.1) is 0 Å². The number of hydrogen-bond donors (Lipinski definition) is 2. The van der Waals surface area contributed by atoms with Crippen LogP contribution < -0.4 is 5.32 Å². The van der Waals surface area contributed by atoms with E-state index in [0.29, 0.717) is 24.6 Å². The Hall–Kier alpha value is -1.62. The molecule has 0 radical (unpaired) electrons. The third kappa shape index (κ3) is 3.73. The Morgan fingerprint density at radius 2 is 2.24 bits per heavy atom. The number of aliphatic hydroxyl groups is 1. The molecule has 1 amide bonds. The summed E-state index contributed by atoms with van der Waals surface area (Å²) >= 11 is 0. The van der Waals surface area contributed by atoms with Gasteiger partial charge < -0.3 is 15.3 Å². The van der Waals surface area contributed by atoms with Gasteiger partial charge in [-0.15, -0.1) is 0 Å². The van der Waals surface area contributed by atoms with Crippen LogP contribution in [0.25, 0.3) is 0 Å². The molecule has 0 aromatic carbocycles. The van der Waals surface area contributed by atoms with E-state index < -0.39 is 0 Å². The van der Waals surface area contributed by atoms with Crippen LogP contribution in [0.5, 0.6) is 0 Å². The summed E-state index contributed by atoms with van der Waals surface area (Å²) in [6, 6.07) is 4.03. The van der Waals surface area contributed by atoms with Gasteiger partial charge in [0, 0.05) is 37.5 Å². The first-order valence-corrected chi connectivity index (χ1v) is 7.80. The molecule has 2 rings (SSSR count). The molecule has 0 aliphatic heterocycles. The van der Waals surface area contributed by atoms with Gasteiger partial charge in [0.25, 0.3) is 5.91 Å². The smallest absolute Gasteiger partial charge is 0.254 e. The standard InChI is InChI=1S/C16H25N3O2/c1-3-13-10-12(11-15(17-2)18-13)16(21)19(8-5-9-20)14-6-4-7-14/h10-11,14,20H,3-9H2,1-2H3,(H,17,18). The van der Waals surface area contributed by atoms with Crippen LogP contribution in [0.1, 0.15) is 48.7 Å². The maximum atomic E-state index is 12.8. The molecule has 0 atom stereocenters. The van der Waals surface area contributed by atoms with Crippen LogP contribution in [0.15, 0.2) is 12.1 Å². The average Bonchev–Trinajstić information content (AvgIpc) is 2.48. The normalized spacial score (nSPS) is 14.6. The minimum atomic E-state index is 0.0572. The zero-order valence-corrected chi connectivity index (χ0v) is 12.9. The van der Waals surface area contributed by atoms with Gasteiger partial charge in [0.1, 0.15) is 5.82 Å². The zero-order valence-electron chi connectivity index (χ0n) is 12.9. The fourth-order valence-electron chi connectivity index (χ4n) is 2.58. The van der Waals surface area contributed by atoms with Gasteiger partial charge in [-0.25, -0.2) is 4.98 Å². The molecule has 1 fully saturated rings. The van der Waals surface area contributed by atoms with E-state index in [1.165, 1.54) is 6.42 Å². The molecule has 1 aliphatic carbocycles. The number of nitrogens with zero attached hydrogens (tertiary/aromatic N) is 2. The summed E-state index contributed by atoms with van der Waals surface area (Å²) in [6.07, 6.45) is 4.76. The minimum absolute atomic E-state index is 0.0572. The number of carbonyl (C=O) groups excluding carboxylic acids is 1. The predicted molar refractivity (Wildman–Crippen MR) is 83.5 cm³/mol. The number of pyridine rings is 1. The molecule has 0 saturated heterocycles. The van der Waals surface area contributed by atoms with E-state index in [1.54, 1.807) is 0 Å². The molecular weight excluding hydrogens is 266 g/mol. The molecule has 0 bridgehead atoms. The van der Waals surface area contributed by atoms with Crippen LogP contribution in [0.2, 0.25) is 0 Å². The molecule has 1 saturated carbocycles. The summed E-state index contributed by atoms with van der Waals surface area (Å²) < 4.78 is 0. The fourth-order valence-corrected chi connectivity index (χ4v) is 2.58. The molecule has 5 nitrogen and oxygen atoms in total. The van der Waals surface area contributed by atoms with E-state index in [2.05, 4.69) is 10.3 Å². The van der Waals surface area contributed by atoms with Gasteiger partial charge in [-0.2, -0.15) is 0 Å². The van der Waals surface area contributed by atoms with Crippen LogP contribution in [-0.4, -0.2) is 47.1 Å². The summed E-state index contributed by atoms with van der Waals surface area (Å²) in [7, 11) is 1.81. The maximum Gasteiger partial charge on any atom is 0.254 e. The Morgan fingerprint density at radius 3 is 2.76 bits per heavy atom. The highest BCUT2D eigenvalue weighted by atomic mass is 16.3. The van der Waals surface area contributed by atoms with Crippen LogP contribution in [0.3, 0.4) is 0 Å². The van der Waals surface area contributed by atoms with Gasteiger partial charge in [0.15, 0.2) is 0 Å². The first-order chi connectivity index (χ1) is 10.2. The van der Waals surface area contributed by atoms with Gasteiger partial charge in [-0.05, 0) is 44.2 Å². The molecule has 21 heavy (non-hydrogen) atoms. The number of anilines is 1. The topological polar surface area (TPSA) is 65.5 Å². The van der Waals surface area contributed by atoms with E-state index in [0.717, 1.165) is 30.8 Å².